The molecule has 0 atom stereocenters. The highest BCUT2D eigenvalue weighted by Gasteiger charge is 2.20. The van der Waals surface area contributed by atoms with Crippen molar-refractivity contribution in [2.45, 2.75) is 26.3 Å². The lowest BCUT2D eigenvalue weighted by Gasteiger charge is -2.34. The number of carbonyl (C=O) groups excluding carboxylic acids is 1. The number of rotatable bonds is 4. The van der Waals surface area contributed by atoms with Crippen LogP contribution < -0.4 is 0 Å². The van der Waals surface area contributed by atoms with Gasteiger partial charge >= 0.3 is 0 Å². The SMILES string of the molecule is CSC(=O)N1CCN(Cc2ccc(-c3ncc(C(C)C)cn3)cc2)CC1. The molecule has 6 heteroatoms. The molecule has 0 N–H and O–H groups in total. The summed E-state index contributed by atoms with van der Waals surface area (Å²) in [6.45, 7) is 8.67. The van der Waals surface area contributed by atoms with E-state index in [1.165, 1.54) is 17.3 Å². The second-order valence-corrected chi connectivity index (χ2v) is 7.68. The third-order valence-corrected chi connectivity index (χ3v) is 5.37. The van der Waals surface area contributed by atoms with E-state index in [1.54, 1.807) is 0 Å². The molecule has 0 spiro atoms. The number of aromatic nitrogens is 2. The van der Waals surface area contributed by atoms with Crippen LogP contribution in [0.2, 0.25) is 0 Å². The van der Waals surface area contributed by atoms with Crippen molar-refractivity contribution >= 4 is 17.0 Å². The van der Waals surface area contributed by atoms with Crippen LogP contribution in [0.15, 0.2) is 36.7 Å². The first-order chi connectivity index (χ1) is 12.6. The fourth-order valence-electron chi connectivity index (χ4n) is 3.02. The van der Waals surface area contributed by atoms with Crippen LogP contribution >= 0.6 is 11.8 Å². The van der Waals surface area contributed by atoms with Crippen LogP contribution in [-0.2, 0) is 6.54 Å². The van der Waals surface area contributed by atoms with Crippen molar-refractivity contribution in [3.63, 3.8) is 0 Å². The van der Waals surface area contributed by atoms with E-state index in [-0.39, 0.29) is 5.24 Å². The predicted molar refractivity (Wildman–Crippen MR) is 107 cm³/mol. The van der Waals surface area contributed by atoms with Gasteiger partial charge in [-0.15, -0.1) is 0 Å². The van der Waals surface area contributed by atoms with Crippen LogP contribution in [0.5, 0.6) is 0 Å². The van der Waals surface area contributed by atoms with E-state index in [9.17, 15) is 4.79 Å². The number of nitrogens with zero attached hydrogens (tertiary/aromatic N) is 4. The minimum Gasteiger partial charge on any atom is -0.331 e. The molecule has 0 aliphatic carbocycles. The lowest BCUT2D eigenvalue weighted by molar-refractivity contribution is 0.149. The summed E-state index contributed by atoms with van der Waals surface area (Å²) in [5, 5.41) is 0.178. The Morgan fingerprint density at radius 3 is 2.23 bits per heavy atom. The van der Waals surface area contributed by atoms with Gasteiger partial charge in [0.05, 0.1) is 0 Å². The van der Waals surface area contributed by atoms with Gasteiger partial charge in [0.2, 0.25) is 0 Å². The summed E-state index contributed by atoms with van der Waals surface area (Å²) in [7, 11) is 0. The largest absolute Gasteiger partial charge is 0.331 e. The lowest BCUT2D eigenvalue weighted by atomic mass is 10.1. The highest BCUT2D eigenvalue weighted by atomic mass is 32.2. The van der Waals surface area contributed by atoms with Gasteiger partial charge < -0.3 is 4.90 Å². The summed E-state index contributed by atoms with van der Waals surface area (Å²) < 4.78 is 0. The van der Waals surface area contributed by atoms with Gasteiger partial charge in [-0.05, 0) is 23.3 Å². The molecule has 138 valence electrons. The molecule has 5 nitrogen and oxygen atoms in total. The van der Waals surface area contributed by atoms with E-state index in [2.05, 4.69) is 53.0 Å². The molecule has 1 saturated heterocycles. The Hall–Kier alpha value is -1.92. The quantitative estimate of drug-likeness (QED) is 0.818. The van der Waals surface area contributed by atoms with E-state index in [0.29, 0.717) is 5.92 Å². The molecule has 2 aromatic rings. The van der Waals surface area contributed by atoms with Crippen molar-refractivity contribution in [1.29, 1.82) is 0 Å². The van der Waals surface area contributed by atoms with E-state index < -0.39 is 0 Å². The molecule has 1 fully saturated rings. The molecule has 0 bridgehead atoms. The van der Waals surface area contributed by atoms with Crippen molar-refractivity contribution in [3.8, 4) is 11.4 Å². The van der Waals surface area contributed by atoms with E-state index in [4.69, 9.17) is 0 Å². The Morgan fingerprint density at radius 2 is 1.69 bits per heavy atom. The molecular formula is C20H26N4OS. The fourth-order valence-corrected chi connectivity index (χ4v) is 3.46. The summed E-state index contributed by atoms with van der Waals surface area (Å²) in [6, 6.07) is 8.48. The zero-order chi connectivity index (χ0) is 18.5. The van der Waals surface area contributed by atoms with Gasteiger partial charge in [0, 0.05) is 50.7 Å². The Kier molecular flexibility index (Phi) is 6.27. The van der Waals surface area contributed by atoms with Gasteiger partial charge in [-0.2, -0.15) is 0 Å². The van der Waals surface area contributed by atoms with E-state index in [0.717, 1.165) is 49.7 Å². The number of amides is 1. The first-order valence-corrected chi connectivity index (χ1v) is 10.3. The Morgan fingerprint density at radius 1 is 1.08 bits per heavy atom. The van der Waals surface area contributed by atoms with E-state index >= 15 is 0 Å². The molecule has 1 aliphatic rings. The number of hydrogen-bond donors (Lipinski definition) is 0. The third kappa shape index (κ3) is 4.62. The van der Waals surface area contributed by atoms with Gasteiger partial charge in [0.1, 0.15) is 0 Å². The first-order valence-electron chi connectivity index (χ1n) is 9.03. The van der Waals surface area contributed by atoms with Crippen molar-refractivity contribution in [3.05, 3.63) is 47.8 Å². The summed E-state index contributed by atoms with van der Waals surface area (Å²) in [5.41, 5.74) is 3.47. The summed E-state index contributed by atoms with van der Waals surface area (Å²) >= 11 is 1.29. The van der Waals surface area contributed by atoms with Crippen LogP contribution in [-0.4, -0.2) is 57.4 Å². The molecule has 0 radical (unpaired) electrons. The Labute approximate surface area is 159 Å². The maximum absolute atomic E-state index is 11.7. The normalized spacial score (nSPS) is 15.5. The number of thioether (sulfide) groups is 1. The van der Waals surface area contributed by atoms with Gasteiger partial charge in [-0.25, -0.2) is 9.97 Å². The average molecular weight is 371 g/mol. The van der Waals surface area contributed by atoms with Crippen LogP contribution in [0.3, 0.4) is 0 Å². The number of carbonyl (C=O) groups is 1. The smallest absolute Gasteiger partial charge is 0.281 e. The highest BCUT2D eigenvalue weighted by molar-refractivity contribution is 8.12. The third-order valence-electron chi connectivity index (χ3n) is 4.76. The van der Waals surface area contributed by atoms with E-state index in [1.807, 2.05) is 23.5 Å². The fraction of sp³-hybridized carbons (Fsp3) is 0.450. The van der Waals surface area contributed by atoms with Crippen LogP contribution in [0.4, 0.5) is 4.79 Å². The molecule has 1 aromatic carbocycles. The molecular weight excluding hydrogens is 344 g/mol. The summed E-state index contributed by atoms with van der Waals surface area (Å²) in [4.78, 5) is 25.0. The maximum atomic E-state index is 11.7. The van der Waals surface area contributed by atoms with Gasteiger partial charge in [-0.1, -0.05) is 49.9 Å². The van der Waals surface area contributed by atoms with Gasteiger partial charge in [0.25, 0.3) is 5.24 Å². The molecule has 0 unspecified atom stereocenters. The van der Waals surface area contributed by atoms with Crippen LogP contribution in [0.1, 0.15) is 30.9 Å². The number of benzene rings is 1. The molecule has 3 rings (SSSR count). The number of hydrogen-bond acceptors (Lipinski definition) is 5. The van der Waals surface area contributed by atoms with Crippen molar-refractivity contribution < 1.29 is 4.79 Å². The topological polar surface area (TPSA) is 49.3 Å². The molecule has 1 amide bonds. The average Bonchev–Trinajstić information content (AvgIpc) is 2.68. The van der Waals surface area contributed by atoms with Gasteiger partial charge in [-0.3, -0.25) is 9.69 Å². The lowest BCUT2D eigenvalue weighted by Crippen LogP contribution is -2.47. The first kappa shape index (κ1) is 18.9. The monoisotopic (exact) mass is 370 g/mol. The second-order valence-electron chi connectivity index (χ2n) is 6.92. The minimum absolute atomic E-state index is 0.178. The number of piperazine rings is 1. The summed E-state index contributed by atoms with van der Waals surface area (Å²) in [5.74, 6) is 1.21. The van der Waals surface area contributed by atoms with Crippen LogP contribution in [0, 0.1) is 0 Å². The Balaban J connectivity index is 1.57. The Bertz CT molecular complexity index is 722. The molecule has 0 saturated carbocycles. The van der Waals surface area contributed by atoms with Gasteiger partial charge in [0.15, 0.2) is 5.82 Å². The predicted octanol–water partition coefficient (Wildman–Crippen LogP) is 3.87. The summed E-state index contributed by atoms with van der Waals surface area (Å²) in [6.07, 6.45) is 5.67. The van der Waals surface area contributed by atoms with Crippen molar-refractivity contribution in [1.82, 2.24) is 19.8 Å². The zero-order valence-corrected chi connectivity index (χ0v) is 16.5. The van der Waals surface area contributed by atoms with Crippen LogP contribution in [0.25, 0.3) is 11.4 Å². The molecule has 2 heterocycles. The molecule has 26 heavy (non-hydrogen) atoms. The molecule has 1 aromatic heterocycles. The van der Waals surface area contributed by atoms with Crippen molar-refractivity contribution in [2.75, 3.05) is 32.4 Å². The minimum atomic E-state index is 0.178. The molecule has 1 aliphatic heterocycles. The highest BCUT2D eigenvalue weighted by Crippen LogP contribution is 2.19. The standard InChI is InChI=1S/C20H26N4OS/c1-15(2)18-12-21-19(22-13-18)17-6-4-16(5-7-17)14-23-8-10-24(11-9-23)20(25)26-3/h4-7,12-13,15H,8-11,14H2,1-3H3. The zero-order valence-electron chi connectivity index (χ0n) is 15.7. The van der Waals surface area contributed by atoms with Crippen molar-refractivity contribution in [2.24, 2.45) is 0 Å². The second kappa shape index (κ2) is 8.64. The maximum Gasteiger partial charge on any atom is 0.281 e.